The zero-order chi connectivity index (χ0) is 22.7. The molecule has 4 rings (SSSR count). The smallest absolute Gasteiger partial charge is 0.258 e. The lowest BCUT2D eigenvalue weighted by Crippen LogP contribution is -2.30. The monoisotopic (exact) mass is 435 g/mol. The lowest BCUT2D eigenvalue weighted by Gasteiger charge is -2.28. The minimum Gasteiger partial charge on any atom is -0.343 e. The highest BCUT2D eigenvalue weighted by Crippen LogP contribution is 2.42. The van der Waals surface area contributed by atoms with E-state index in [0.717, 1.165) is 42.0 Å². The van der Waals surface area contributed by atoms with Gasteiger partial charge in [0.25, 0.3) is 5.91 Å². The summed E-state index contributed by atoms with van der Waals surface area (Å²) in [6.45, 7) is 8.88. The topological polar surface area (TPSA) is 68.0 Å². The number of anilines is 1. The molecule has 6 nitrogen and oxygen atoms in total. The van der Waals surface area contributed by atoms with E-state index in [2.05, 4.69) is 43.0 Å². The molecule has 32 heavy (non-hydrogen) atoms. The third-order valence-corrected chi connectivity index (χ3v) is 6.44. The normalized spacial score (nSPS) is 18.7. The number of benzene rings is 2. The number of hydrogen-bond acceptors (Lipinski definition) is 5. The van der Waals surface area contributed by atoms with E-state index in [1.165, 1.54) is 5.56 Å². The molecule has 2 heterocycles. The van der Waals surface area contributed by atoms with Crippen LogP contribution in [0, 0.1) is 0 Å². The highest BCUT2D eigenvalue weighted by Gasteiger charge is 2.40. The number of hydrogen-bond donors (Lipinski definition) is 1. The van der Waals surface area contributed by atoms with Crippen molar-refractivity contribution in [2.45, 2.75) is 32.6 Å². The Kier molecular flexibility index (Phi) is 6.76. The summed E-state index contributed by atoms with van der Waals surface area (Å²) in [5, 5.41) is 0. The summed E-state index contributed by atoms with van der Waals surface area (Å²) in [5.74, 6) is -0.837. The van der Waals surface area contributed by atoms with E-state index in [-0.39, 0.29) is 5.91 Å². The number of carbonyl (C=O) groups is 1. The largest absolute Gasteiger partial charge is 0.343 e. The second-order valence-corrected chi connectivity index (χ2v) is 8.35. The fourth-order valence-electron chi connectivity index (χ4n) is 4.52. The Morgan fingerprint density at radius 3 is 2.41 bits per heavy atom. The molecule has 1 amide bonds. The highest BCUT2D eigenvalue weighted by molar-refractivity contribution is 6.35. The quantitative estimate of drug-likeness (QED) is 0.642. The van der Waals surface area contributed by atoms with Gasteiger partial charge in [0.15, 0.2) is 5.79 Å². The maximum atomic E-state index is 13.1. The van der Waals surface area contributed by atoms with E-state index in [4.69, 9.17) is 15.2 Å². The Labute approximate surface area is 190 Å². The van der Waals surface area contributed by atoms with Gasteiger partial charge in [0, 0.05) is 36.7 Å². The predicted molar refractivity (Wildman–Crippen MR) is 128 cm³/mol. The Balaban J connectivity index is 1.66. The second kappa shape index (κ2) is 9.55. The lowest BCUT2D eigenvalue weighted by atomic mass is 9.96. The molecule has 0 radical (unpaired) electrons. The maximum Gasteiger partial charge on any atom is 0.258 e. The van der Waals surface area contributed by atoms with Gasteiger partial charge in [-0.1, -0.05) is 44.2 Å². The van der Waals surface area contributed by atoms with E-state index in [9.17, 15) is 4.79 Å². The van der Waals surface area contributed by atoms with E-state index in [0.29, 0.717) is 31.8 Å². The molecule has 1 fully saturated rings. The van der Waals surface area contributed by atoms with E-state index in [1.54, 1.807) is 4.90 Å². The van der Waals surface area contributed by atoms with Crippen molar-refractivity contribution in [2.75, 3.05) is 44.8 Å². The van der Waals surface area contributed by atoms with Crippen LogP contribution in [0.15, 0.2) is 42.5 Å². The summed E-state index contributed by atoms with van der Waals surface area (Å²) >= 11 is 0. The van der Waals surface area contributed by atoms with Gasteiger partial charge in [-0.25, -0.2) is 0 Å². The maximum absolute atomic E-state index is 13.1. The molecule has 170 valence electrons. The average Bonchev–Trinajstić information content (AvgIpc) is 3.38. The van der Waals surface area contributed by atoms with Crippen LogP contribution in [0.5, 0.6) is 0 Å². The number of nitrogens with zero attached hydrogens (tertiary/aromatic N) is 2. The van der Waals surface area contributed by atoms with Crippen molar-refractivity contribution in [3.63, 3.8) is 0 Å². The first kappa shape index (κ1) is 22.7. The molecule has 6 heteroatoms. The van der Waals surface area contributed by atoms with Crippen molar-refractivity contribution in [3.8, 4) is 0 Å². The Morgan fingerprint density at radius 1 is 1.09 bits per heavy atom. The molecule has 2 aromatic rings. The first-order valence-electron chi connectivity index (χ1n) is 11.4. The number of fused-ring (bicyclic) bond motifs is 1. The molecule has 2 aromatic carbocycles. The summed E-state index contributed by atoms with van der Waals surface area (Å²) in [5.41, 5.74) is 11.5. The standard InChI is InChI=1S/C26H33N3O3/c1-4-29(5-2)18-20-8-6-19(7-9-20)16-23-22-17-21(10-11-24(22)28(3)25(23)30)26(12-13-27)31-14-15-32-26/h6-11,16-17H,4-5,12-15,18,27H2,1-3H3/b23-16-. The number of carbonyl (C=O) groups excluding carboxylic acids is 1. The van der Waals surface area contributed by atoms with Crippen LogP contribution in [0.25, 0.3) is 11.6 Å². The molecule has 0 aliphatic carbocycles. The summed E-state index contributed by atoms with van der Waals surface area (Å²) in [6.07, 6.45) is 2.55. The minimum absolute atomic E-state index is 0.00880. The van der Waals surface area contributed by atoms with Crippen molar-refractivity contribution >= 4 is 23.2 Å². The average molecular weight is 436 g/mol. The second-order valence-electron chi connectivity index (χ2n) is 8.35. The van der Waals surface area contributed by atoms with Gasteiger partial charge in [-0.15, -0.1) is 0 Å². The van der Waals surface area contributed by atoms with Crippen LogP contribution in [0.2, 0.25) is 0 Å². The molecule has 2 aliphatic rings. The molecule has 0 unspecified atom stereocenters. The van der Waals surface area contributed by atoms with Gasteiger partial charge in [0.1, 0.15) is 0 Å². The van der Waals surface area contributed by atoms with Gasteiger partial charge in [-0.3, -0.25) is 9.69 Å². The summed E-state index contributed by atoms with van der Waals surface area (Å²) < 4.78 is 11.9. The van der Waals surface area contributed by atoms with Crippen LogP contribution < -0.4 is 10.6 Å². The number of rotatable bonds is 8. The fourth-order valence-corrected chi connectivity index (χ4v) is 4.52. The molecule has 2 N–H and O–H groups in total. The van der Waals surface area contributed by atoms with Gasteiger partial charge in [0.2, 0.25) is 0 Å². The molecule has 0 spiro atoms. The van der Waals surface area contributed by atoms with Crippen LogP contribution >= 0.6 is 0 Å². The molecule has 0 atom stereocenters. The van der Waals surface area contributed by atoms with Gasteiger partial charge in [-0.05, 0) is 49.0 Å². The number of likely N-dealkylation sites (N-methyl/N-ethyl adjacent to an activating group) is 1. The molecule has 0 saturated carbocycles. The molecular weight excluding hydrogens is 402 g/mol. The third-order valence-electron chi connectivity index (χ3n) is 6.44. The van der Waals surface area contributed by atoms with E-state index >= 15 is 0 Å². The number of ether oxygens (including phenoxy) is 2. The molecule has 0 bridgehead atoms. The highest BCUT2D eigenvalue weighted by atomic mass is 16.7. The van der Waals surface area contributed by atoms with Crippen molar-refractivity contribution in [3.05, 3.63) is 64.7 Å². The zero-order valence-electron chi connectivity index (χ0n) is 19.3. The van der Waals surface area contributed by atoms with Gasteiger partial charge >= 0.3 is 0 Å². The molecule has 1 saturated heterocycles. The van der Waals surface area contributed by atoms with Crippen LogP contribution in [0.1, 0.15) is 42.5 Å². The van der Waals surface area contributed by atoms with Gasteiger partial charge < -0.3 is 20.1 Å². The van der Waals surface area contributed by atoms with Gasteiger partial charge in [0.05, 0.1) is 18.9 Å². The summed E-state index contributed by atoms with van der Waals surface area (Å²) in [7, 11) is 1.81. The Hall–Kier alpha value is -2.51. The number of nitrogens with two attached hydrogens (primary N) is 1. The predicted octanol–water partition coefficient (Wildman–Crippen LogP) is 3.59. The first-order chi connectivity index (χ1) is 15.5. The van der Waals surface area contributed by atoms with E-state index < -0.39 is 5.79 Å². The van der Waals surface area contributed by atoms with E-state index in [1.807, 2.05) is 31.3 Å². The van der Waals surface area contributed by atoms with Crippen LogP contribution in [-0.4, -0.2) is 50.7 Å². The molecular formula is C26H33N3O3. The SMILES string of the molecule is CCN(CC)Cc1ccc(/C=C2\C(=O)N(C)c3ccc(C4(CCN)OCCO4)cc32)cc1. The van der Waals surface area contributed by atoms with Crippen LogP contribution in [0.3, 0.4) is 0 Å². The summed E-state index contributed by atoms with van der Waals surface area (Å²) in [4.78, 5) is 17.1. The molecule has 2 aliphatic heterocycles. The first-order valence-corrected chi connectivity index (χ1v) is 11.4. The summed E-state index contributed by atoms with van der Waals surface area (Å²) in [6, 6.07) is 14.4. The van der Waals surface area contributed by atoms with Crippen molar-refractivity contribution in [2.24, 2.45) is 5.73 Å². The van der Waals surface area contributed by atoms with Crippen molar-refractivity contribution in [1.29, 1.82) is 0 Å². The van der Waals surface area contributed by atoms with Crippen molar-refractivity contribution in [1.82, 2.24) is 4.90 Å². The van der Waals surface area contributed by atoms with Gasteiger partial charge in [-0.2, -0.15) is 0 Å². The molecule has 0 aromatic heterocycles. The van der Waals surface area contributed by atoms with Crippen LogP contribution in [-0.2, 0) is 26.6 Å². The van der Waals surface area contributed by atoms with Crippen LogP contribution in [0.4, 0.5) is 5.69 Å². The van der Waals surface area contributed by atoms with Crippen molar-refractivity contribution < 1.29 is 14.3 Å². The lowest BCUT2D eigenvalue weighted by molar-refractivity contribution is -0.168. The zero-order valence-corrected chi connectivity index (χ0v) is 19.3. The Bertz CT molecular complexity index is 990. The third kappa shape index (κ3) is 4.24. The Morgan fingerprint density at radius 2 is 1.78 bits per heavy atom. The minimum atomic E-state index is -0.828. The fraction of sp³-hybridized carbons (Fsp3) is 0.423. The number of amides is 1.